The molecule has 0 radical (unpaired) electrons. The zero-order valence-corrected chi connectivity index (χ0v) is 13.2. The lowest BCUT2D eigenvalue weighted by atomic mass is 10.2. The molecule has 0 saturated carbocycles. The molecule has 0 amide bonds. The van der Waals surface area contributed by atoms with Gasteiger partial charge in [0.05, 0.1) is 13.2 Å². The molecule has 0 aliphatic carbocycles. The molecule has 2 heterocycles. The Kier molecular flexibility index (Phi) is 4.54. The van der Waals surface area contributed by atoms with Crippen LogP contribution in [0, 0.1) is 0 Å². The zero-order chi connectivity index (χ0) is 16.2. The SMILES string of the molecule is Nc1nc(N2CCOCC2)[nH]c(=O)c1C(=S)Nc1ccccc1. The molecular weight excluding hydrogens is 314 g/mol. The van der Waals surface area contributed by atoms with Crippen LogP contribution in [-0.2, 0) is 4.74 Å². The molecule has 1 aliphatic heterocycles. The Labute approximate surface area is 138 Å². The topological polar surface area (TPSA) is 96.3 Å². The van der Waals surface area contributed by atoms with E-state index in [2.05, 4.69) is 15.3 Å². The van der Waals surface area contributed by atoms with Crippen LogP contribution in [0.1, 0.15) is 5.56 Å². The molecule has 1 aromatic heterocycles. The summed E-state index contributed by atoms with van der Waals surface area (Å²) < 4.78 is 5.29. The predicted molar refractivity (Wildman–Crippen MR) is 94.1 cm³/mol. The van der Waals surface area contributed by atoms with Crippen LogP contribution in [0.3, 0.4) is 0 Å². The number of rotatable bonds is 3. The lowest BCUT2D eigenvalue weighted by Gasteiger charge is -2.27. The first-order valence-corrected chi connectivity index (χ1v) is 7.65. The number of hydrogen-bond acceptors (Lipinski definition) is 6. The standard InChI is InChI=1S/C15H17N5O2S/c16-12-11(14(23)17-10-4-2-1-3-5-10)13(21)19-15(18-12)20-6-8-22-9-7-20/h1-5H,6-9H2,(H,17,23)(H3,16,18,19,21). The summed E-state index contributed by atoms with van der Waals surface area (Å²) in [5.74, 6) is 0.561. The van der Waals surface area contributed by atoms with Crippen molar-refractivity contribution in [3.05, 3.63) is 46.2 Å². The number of nitrogens with zero attached hydrogens (tertiary/aromatic N) is 2. The number of para-hydroxylation sites is 1. The molecule has 3 rings (SSSR count). The Morgan fingerprint density at radius 2 is 2.00 bits per heavy atom. The Hall–Kier alpha value is -2.45. The minimum absolute atomic E-state index is 0.115. The number of nitrogens with one attached hydrogen (secondary N) is 2. The quantitative estimate of drug-likeness (QED) is 0.721. The van der Waals surface area contributed by atoms with Crippen LogP contribution in [0.5, 0.6) is 0 Å². The van der Waals surface area contributed by atoms with E-state index in [-0.39, 0.29) is 21.9 Å². The third-order valence-electron chi connectivity index (χ3n) is 3.50. The van der Waals surface area contributed by atoms with Gasteiger partial charge in [0.2, 0.25) is 5.95 Å². The maximum atomic E-state index is 12.4. The summed E-state index contributed by atoms with van der Waals surface area (Å²) in [6, 6.07) is 9.35. The van der Waals surface area contributed by atoms with Gasteiger partial charge in [-0.25, -0.2) is 0 Å². The van der Waals surface area contributed by atoms with Crippen molar-refractivity contribution < 1.29 is 4.74 Å². The number of nitrogen functional groups attached to an aromatic ring is 1. The lowest BCUT2D eigenvalue weighted by Crippen LogP contribution is -2.39. The third-order valence-corrected chi connectivity index (χ3v) is 3.81. The number of anilines is 3. The van der Waals surface area contributed by atoms with Crippen molar-refractivity contribution in [1.82, 2.24) is 9.97 Å². The summed E-state index contributed by atoms with van der Waals surface area (Å²) in [6.45, 7) is 2.52. The summed E-state index contributed by atoms with van der Waals surface area (Å²) >= 11 is 5.29. The predicted octanol–water partition coefficient (Wildman–Crippen LogP) is 0.976. The van der Waals surface area contributed by atoms with Crippen LogP contribution >= 0.6 is 12.2 Å². The largest absolute Gasteiger partial charge is 0.383 e. The molecule has 23 heavy (non-hydrogen) atoms. The number of H-pyrrole nitrogens is 1. The highest BCUT2D eigenvalue weighted by molar-refractivity contribution is 7.81. The molecule has 0 unspecified atom stereocenters. The van der Waals surface area contributed by atoms with E-state index < -0.39 is 0 Å². The van der Waals surface area contributed by atoms with Gasteiger partial charge in [0.1, 0.15) is 16.4 Å². The zero-order valence-electron chi connectivity index (χ0n) is 12.4. The van der Waals surface area contributed by atoms with Crippen molar-refractivity contribution in [3.8, 4) is 0 Å². The highest BCUT2D eigenvalue weighted by atomic mass is 32.1. The number of morpholine rings is 1. The van der Waals surface area contributed by atoms with Gasteiger partial charge in [0, 0.05) is 18.8 Å². The van der Waals surface area contributed by atoms with Crippen LogP contribution in [0.25, 0.3) is 0 Å². The second-order valence-electron chi connectivity index (χ2n) is 5.07. The summed E-state index contributed by atoms with van der Waals surface area (Å²) in [5, 5.41) is 3.00. The average molecular weight is 331 g/mol. The molecule has 1 aliphatic rings. The molecule has 1 aromatic carbocycles. The first-order valence-electron chi connectivity index (χ1n) is 7.24. The number of hydrogen-bond donors (Lipinski definition) is 3. The maximum Gasteiger partial charge on any atom is 0.264 e. The van der Waals surface area contributed by atoms with Gasteiger partial charge >= 0.3 is 0 Å². The van der Waals surface area contributed by atoms with Crippen LogP contribution in [0.2, 0.25) is 0 Å². The summed E-state index contributed by atoms with van der Waals surface area (Å²) in [5.41, 5.74) is 6.58. The van der Waals surface area contributed by atoms with Gasteiger partial charge in [0.15, 0.2) is 0 Å². The number of aromatic nitrogens is 2. The minimum Gasteiger partial charge on any atom is -0.383 e. The van der Waals surface area contributed by atoms with Crippen molar-refractivity contribution in [2.75, 3.05) is 42.3 Å². The van der Waals surface area contributed by atoms with Crippen molar-refractivity contribution in [1.29, 1.82) is 0 Å². The molecule has 2 aromatic rings. The van der Waals surface area contributed by atoms with E-state index >= 15 is 0 Å². The molecule has 0 spiro atoms. The van der Waals surface area contributed by atoms with Gasteiger partial charge in [0.25, 0.3) is 5.56 Å². The number of benzene rings is 1. The fraction of sp³-hybridized carbons (Fsp3) is 0.267. The van der Waals surface area contributed by atoms with E-state index in [0.29, 0.717) is 32.3 Å². The smallest absolute Gasteiger partial charge is 0.264 e. The van der Waals surface area contributed by atoms with Crippen LogP contribution in [-0.4, -0.2) is 41.3 Å². The Morgan fingerprint density at radius 3 is 2.65 bits per heavy atom. The van der Waals surface area contributed by atoms with Crippen molar-refractivity contribution in [2.45, 2.75) is 0 Å². The Balaban J connectivity index is 1.85. The van der Waals surface area contributed by atoms with E-state index in [1.165, 1.54) is 0 Å². The molecular formula is C15H17N5O2S. The molecule has 0 atom stereocenters. The van der Waals surface area contributed by atoms with Crippen LogP contribution in [0.4, 0.5) is 17.5 Å². The molecule has 8 heteroatoms. The maximum absolute atomic E-state index is 12.4. The average Bonchev–Trinajstić information content (AvgIpc) is 2.56. The number of ether oxygens (including phenoxy) is 1. The highest BCUT2D eigenvalue weighted by Crippen LogP contribution is 2.14. The van der Waals surface area contributed by atoms with Crippen molar-refractivity contribution >= 4 is 34.7 Å². The van der Waals surface area contributed by atoms with Gasteiger partial charge in [-0.3, -0.25) is 9.78 Å². The third kappa shape index (κ3) is 3.49. The molecule has 120 valence electrons. The Bertz CT molecular complexity index is 756. The van der Waals surface area contributed by atoms with E-state index in [9.17, 15) is 4.79 Å². The number of thiocarbonyl (C=S) groups is 1. The minimum atomic E-state index is -0.354. The highest BCUT2D eigenvalue weighted by Gasteiger charge is 2.18. The van der Waals surface area contributed by atoms with Crippen LogP contribution in [0.15, 0.2) is 35.1 Å². The van der Waals surface area contributed by atoms with Crippen LogP contribution < -0.4 is 21.5 Å². The van der Waals surface area contributed by atoms with Crippen molar-refractivity contribution in [3.63, 3.8) is 0 Å². The van der Waals surface area contributed by atoms with Crippen molar-refractivity contribution in [2.24, 2.45) is 0 Å². The van der Waals surface area contributed by atoms with E-state index in [1.807, 2.05) is 35.2 Å². The van der Waals surface area contributed by atoms with Gasteiger partial charge in [-0.05, 0) is 12.1 Å². The number of nitrogens with two attached hydrogens (primary N) is 1. The second kappa shape index (κ2) is 6.76. The van der Waals surface area contributed by atoms with Gasteiger partial charge in [-0.2, -0.15) is 4.98 Å². The summed E-state index contributed by atoms with van der Waals surface area (Å²) in [7, 11) is 0. The molecule has 7 nitrogen and oxygen atoms in total. The summed E-state index contributed by atoms with van der Waals surface area (Å²) in [4.78, 5) is 21.6. The van der Waals surface area contributed by atoms with Gasteiger partial charge in [-0.1, -0.05) is 30.4 Å². The lowest BCUT2D eigenvalue weighted by molar-refractivity contribution is 0.122. The summed E-state index contributed by atoms with van der Waals surface area (Å²) in [6.07, 6.45) is 0. The van der Waals surface area contributed by atoms with Gasteiger partial charge in [-0.15, -0.1) is 0 Å². The fourth-order valence-corrected chi connectivity index (χ4v) is 2.65. The first-order chi connectivity index (χ1) is 11.1. The monoisotopic (exact) mass is 331 g/mol. The van der Waals surface area contributed by atoms with Gasteiger partial charge < -0.3 is 20.7 Å². The van der Waals surface area contributed by atoms with E-state index in [4.69, 9.17) is 22.7 Å². The normalized spacial score (nSPS) is 14.5. The first kappa shape index (κ1) is 15.4. The molecule has 1 fully saturated rings. The van der Waals surface area contributed by atoms with E-state index in [0.717, 1.165) is 5.69 Å². The Morgan fingerprint density at radius 1 is 1.30 bits per heavy atom. The molecule has 1 saturated heterocycles. The second-order valence-corrected chi connectivity index (χ2v) is 5.48. The molecule has 0 bridgehead atoms. The van der Waals surface area contributed by atoms with E-state index in [1.54, 1.807) is 0 Å². The number of aromatic amines is 1. The molecule has 4 N–H and O–H groups in total. The fourth-order valence-electron chi connectivity index (χ4n) is 2.34.